The molecule has 0 aliphatic rings. The van der Waals surface area contributed by atoms with Crippen LogP contribution in [0.5, 0.6) is 0 Å². The summed E-state index contributed by atoms with van der Waals surface area (Å²) in [6.07, 6.45) is 0. The number of rotatable bonds is 5. The van der Waals surface area contributed by atoms with E-state index in [9.17, 15) is 13.2 Å². The third-order valence-electron chi connectivity index (χ3n) is 3.89. The van der Waals surface area contributed by atoms with Gasteiger partial charge in [0.15, 0.2) is 0 Å². The monoisotopic (exact) mass is 388 g/mol. The zero-order chi connectivity index (χ0) is 18.7. The number of benzene rings is 3. The first-order valence-electron chi connectivity index (χ1n) is 7.91. The minimum Gasteiger partial charge on any atom is -0.326 e. The number of nitrogens with one attached hydrogen (secondary N) is 2. The molecule has 3 aromatic rings. The number of hydrogen-bond acceptors (Lipinski definition) is 3. The second-order valence-electron chi connectivity index (χ2n) is 5.75. The summed E-state index contributed by atoms with van der Waals surface area (Å²) in [5.41, 5.74) is 1.26. The van der Waals surface area contributed by atoms with Crippen LogP contribution in [-0.4, -0.2) is 14.3 Å². The summed E-state index contributed by atoms with van der Waals surface area (Å²) in [6, 6.07) is 17.2. The molecule has 0 aliphatic heterocycles. The summed E-state index contributed by atoms with van der Waals surface area (Å²) in [5.74, 6) is -0.220. The Bertz CT molecular complexity index is 1080. The fourth-order valence-corrected chi connectivity index (χ4v) is 4.14. The molecule has 0 bridgehead atoms. The number of amides is 1. The van der Waals surface area contributed by atoms with Crippen molar-refractivity contribution >= 4 is 44.0 Å². The Labute approximate surface area is 157 Å². The van der Waals surface area contributed by atoms with Gasteiger partial charge in [-0.1, -0.05) is 54.1 Å². The molecule has 3 rings (SSSR count). The van der Waals surface area contributed by atoms with E-state index < -0.39 is 10.0 Å². The van der Waals surface area contributed by atoms with E-state index in [4.69, 9.17) is 11.6 Å². The van der Waals surface area contributed by atoms with Gasteiger partial charge in [0.05, 0.1) is 4.90 Å². The summed E-state index contributed by atoms with van der Waals surface area (Å²) in [7, 11) is -3.77. The van der Waals surface area contributed by atoms with Gasteiger partial charge in [0.25, 0.3) is 0 Å². The average molecular weight is 389 g/mol. The summed E-state index contributed by atoms with van der Waals surface area (Å²) < 4.78 is 28.2. The molecule has 7 heteroatoms. The van der Waals surface area contributed by atoms with Crippen LogP contribution < -0.4 is 10.0 Å². The van der Waals surface area contributed by atoms with Crippen LogP contribution in [0.15, 0.2) is 65.6 Å². The molecule has 0 aliphatic carbocycles. The highest BCUT2D eigenvalue weighted by molar-refractivity contribution is 7.89. The van der Waals surface area contributed by atoms with Crippen molar-refractivity contribution in [1.82, 2.24) is 4.72 Å². The number of carbonyl (C=O) groups is 1. The Hall–Kier alpha value is -2.41. The molecule has 5 nitrogen and oxygen atoms in total. The predicted octanol–water partition coefficient (Wildman–Crippen LogP) is 3.93. The molecule has 0 spiro atoms. The van der Waals surface area contributed by atoms with E-state index in [0.717, 1.165) is 0 Å². The molecular formula is C19H17ClN2O3S. The van der Waals surface area contributed by atoms with Gasteiger partial charge in [-0.05, 0) is 23.8 Å². The van der Waals surface area contributed by atoms with Crippen molar-refractivity contribution in [2.24, 2.45) is 0 Å². The SMILES string of the molecule is CC(=O)Nc1cccc2c(S(=O)(=O)NCc3ccccc3Cl)cccc12. The summed E-state index contributed by atoms with van der Waals surface area (Å²) in [4.78, 5) is 11.5. The Morgan fingerprint density at radius 2 is 1.65 bits per heavy atom. The molecule has 0 radical (unpaired) electrons. The first-order valence-corrected chi connectivity index (χ1v) is 9.77. The summed E-state index contributed by atoms with van der Waals surface area (Å²) in [5, 5.41) is 4.41. The molecule has 0 atom stereocenters. The molecule has 0 saturated heterocycles. The fourth-order valence-electron chi connectivity index (χ4n) is 2.71. The minimum atomic E-state index is -3.77. The van der Waals surface area contributed by atoms with Gasteiger partial charge in [-0.3, -0.25) is 4.79 Å². The van der Waals surface area contributed by atoms with Crippen molar-refractivity contribution in [3.8, 4) is 0 Å². The first kappa shape index (κ1) is 18.4. The molecule has 134 valence electrons. The van der Waals surface area contributed by atoms with Gasteiger partial charge >= 0.3 is 0 Å². The lowest BCUT2D eigenvalue weighted by atomic mass is 10.1. The van der Waals surface area contributed by atoms with E-state index >= 15 is 0 Å². The van der Waals surface area contributed by atoms with Gasteiger partial charge in [-0.15, -0.1) is 0 Å². The molecule has 0 aromatic heterocycles. The topological polar surface area (TPSA) is 75.3 Å². The zero-order valence-electron chi connectivity index (χ0n) is 14.0. The van der Waals surface area contributed by atoms with Gasteiger partial charge < -0.3 is 5.32 Å². The van der Waals surface area contributed by atoms with E-state index in [1.54, 1.807) is 54.6 Å². The maximum atomic E-state index is 12.8. The lowest BCUT2D eigenvalue weighted by Gasteiger charge is -2.12. The normalized spacial score (nSPS) is 11.5. The van der Waals surface area contributed by atoms with Crippen LogP contribution in [-0.2, 0) is 21.4 Å². The maximum Gasteiger partial charge on any atom is 0.241 e. The maximum absolute atomic E-state index is 12.8. The molecule has 0 heterocycles. The number of hydrogen-bond donors (Lipinski definition) is 2. The number of fused-ring (bicyclic) bond motifs is 1. The number of anilines is 1. The van der Waals surface area contributed by atoms with E-state index in [1.165, 1.54) is 13.0 Å². The zero-order valence-corrected chi connectivity index (χ0v) is 15.6. The van der Waals surface area contributed by atoms with Crippen molar-refractivity contribution in [3.05, 3.63) is 71.2 Å². The highest BCUT2D eigenvalue weighted by Gasteiger charge is 2.18. The van der Waals surface area contributed by atoms with E-state index in [1.807, 2.05) is 0 Å². The Balaban J connectivity index is 1.98. The highest BCUT2D eigenvalue weighted by Crippen LogP contribution is 2.29. The second kappa shape index (κ2) is 7.45. The van der Waals surface area contributed by atoms with Crippen LogP contribution in [0.2, 0.25) is 5.02 Å². The fraction of sp³-hybridized carbons (Fsp3) is 0.105. The average Bonchev–Trinajstić information content (AvgIpc) is 2.60. The van der Waals surface area contributed by atoms with Gasteiger partial charge in [-0.2, -0.15) is 0 Å². The van der Waals surface area contributed by atoms with Gasteiger partial charge in [-0.25, -0.2) is 13.1 Å². The van der Waals surface area contributed by atoms with Crippen LogP contribution in [0.25, 0.3) is 10.8 Å². The largest absolute Gasteiger partial charge is 0.326 e. The molecule has 2 N–H and O–H groups in total. The smallest absolute Gasteiger partial charge is 0.241 e. The van der Waals surface area contributed by atoms with Crippen molar-refractivity contribution in [1.29, 1.82) is 0 Å². The van der Waals surface area contributed by atoms with E-state index in [2.05, 4.69) is 10.0 Å². The van der Waals surface area contributed by atoms with Crippen LogP contribution in [0.4, 0.5) is 5.69 Å². The van der Waals surface area contributed by atoms with E-state index in [0.29, 0.717) is 27.0 Å². The molecule has 1 amide bonds. The Kier molecular flexibility index (Phi) is 5.27. The molecule has 0 unspecified atom stereocenters. The molecule has 0 saturated carbocycles. The Morgan fingerprint density at radius 3 is 2.38 bits per heavy atom. The third-order valence-corrected chi connectivity index (χ3v) is 5.72. The van der Waals surface area contributed by atoms with Crippen LogP contribution >= 0.6 is 11.6 Å². The first-order chi connectivity index (χ1) is 12.4. The standard InChI is InChI=1S/C19H17ClN2O3S/c1-13(23)22-18-10-4-8-16-15(18)7-5-11-19(16)26(24,25)21-12-14-6-2-3-9-17(14)20/h2-11,21H,12H2,1H3,(H,22,23). The lowest BCUT2D eigenvalue weighted by Crippen LogP contribution is -2.23. The Morgan fingerprint density at radius 1 is 0.962 bits per heavy atom. The van der Waals surface area contributed by atoms with Crippen molar-refractivity contribution in [3.63, 3.8) is 0 Å². The molecule has 0 fully saturated rings. The summed E-state index contributed by atoms with van der Waals surface area (Å²) in [6.45, 7) is 1.49. The van der Waals surface area contributed by atoms with Crippen molar-refractivity contribution in [2.45, 2.75) is 18.4 Å². The number of halogens is 1. The van der Waals surface area contributed by atoms with Gasteiger partial charge in [0.2, 0.25) is 15.9 Å². The van der Waals surface area contributed by atoms with Crippen LogP contribution in [0, 0.1) is 0 Å². The highest BCUT2D eigenvalue weighted by atomic mass is 35.5. The molecule has 3 aromatic carbocycles. The van der Waals surface area contributed by atoms with Crippen molar-refractivity contribution < 1.29 is 13.2 Å². The number of carbonyl (C=O) groups excluding carboxylic acids is 1. The van der Waals surface area contributed by atoms with E-state index in [-0.39, 0.29) is 17.3 Å². The van der Waals surface area contributed by atoms with Gasteiger partial charge in [0.1, 0.15) is 0 Å². The minimum absolute atomic E-state index is 0.0871. The van der Waals surface area contributed by atoms with Crippen LogP contribution in [0.3, 0.4) is 0 Å². The molecule has 26 heavy (non-hydrogen) atoms. The van der Waals surface area contributed by atoms with Gasteiger partial charge in [0, 0.05) is 35.0 Å². The molecular weight excluding hydrogens is 372 g/mol. The predicted molar refractivity (Wildman–Crippen MR) is 104 cm³/mol. The number of sulfonamides is 1. The van der Waals surface area contributed by atoms with Crippen molar-refractivity contribution in [2.75, 3.05) is 5.32 Å². The third kappa shape index (κ3) is 3.88. The van der Waals surface area contributed by atoms with Crippen LogP contribution in [0.1, 0.15) is 12.5 Å². The lowest BCUT2D eigenvalue weighted by molar-refractivity contribution is -0.114. The quantitative estimate of drug-likeness (QED) is 0.695. The second-order valence-corrected chi connectivity index (χ2v) is 7.90. The summed E-state index contributed by atoms with van der Waals surface area (Å²) >= 11 is 6.09.